The van der Waals surface area contributed by atoms with Gasteiger partial charge in [-0.2, -0.15) is 5.10 Å². The van der Waals surface area contributed by atoms with Crippen LogP contribution in [0.25, 0.3) is 0 Å². The van der Waals surface area contributed by atoms with Gasteiger partial charge in [0.15, 0.2) is 6.61 Å². The largest absolute Gasteiger partial charge is 0.482 e. The molecule has 1 amide bonds. The number of halogens is 3. The maximum absolute atomic E-state index is 11.8. The van der Waals surface area contributed by atoms with Gasteiger partial charge in [-0.3, -0.25) is 4.79 Å². The summed E-state index contributed by atoms with van der Waals surface area (Å²) in [5, 5.41) is 5.09. The zero-order valence-corrected chi connectivity index (χ0v) is 15.2. The van der Waals surface area contributed by atoms with Crippen LogP contribution >= 0.6 is 39.1 Å². The van der Waals surface area contributed by atoms with Gasteiger partial charge in [0.1, 0.15) is 5.75 Å². The van der Waals surface area contributed by atoms with Gasteiger partial charge in [-0.1, -0.05) is 51.3 Å². The van der Waals surface area contributed by atoms with Gasteiger partial charge < -0.3 is 4.74 Å². The summed E-state index contributed by atoms with van der Waals surface area (Å²) < 4.78 is 6.19. The second-order valence-corrected chi connectivity index (χ2v) is 6.36. The van der Waals surface area contributed by atoms with E-state index in [0.717, 1.165) is 10.0 Å². The fraction of sp³-hybridized carbons (Fsp3) is 0.125. The van der Waals surface area contributed by atoms with Gasteiger partial charge in [0.25, 0.3) is 5.91 Å². The van der Waals surface area contributed by atoms with Crippen molar-refractivity contribution in [3.63, 3.8) is 0 Å². The third kappa shape index (κ3) is 5.53. The highest BCUT2D eigenvalue weighted by molar-refractivity contribution is 9.10. The fourth-order valence-electron chi connectivity index (χ4n) is 1.67. The first-order chi connectivity index (χ1) is 11.0. The molecule has 0 aromatic heterocycles. The summed E-state index contributed by atoms with van der Waals surface area (Å²) in [7, 11) is 0. The maximum Gasteiger partial charge on any atom is 0.277 e. The number of hydrogen-bond donors (Lipinski definition) is 1. The number of carbonyl (C=O) groups excluding carboxylic acids is 1. The molecule has 0 fully saturated rings. The molecule has 1 N–H and O–H groups in total. The lowest BCUT2D eigenvalue weighted by Crippen LogP contribution is -2.25. The SMILES string of the molecule is C/C(=N\NC(=O)COc1ccc(Br)cc1Cl)c1ccc(Cl)cc1. The van der Waals surface area contributed by atoms with Crippen LogP contribution in [0.5, 0.6) is 5.75 Å². The molecule has 120 valence electrons. The standard InChI is InChI=1S/C16H13BrCl2N2O2/c1-10(11-2-5-13(18)6-3-11)20-21-16(22)9-23-15-7-4-12(17)8-14(15)19/h2-8H,9H2,1H3,(H,21,22)/b20-10+. The van der Waals surface area contributed by atoms with Crippen molar-refractivity contribution in [1.82, 2.24) is 5.43 Å². The fourth-order valence-corrected chi connectivity index (χ4v) is 2.52. The zero-order valence-electron chi connectivity index (χ0n) is 12.1. The molecule has 7 heteroatoms. The number of hydrogen-bond acceptors (Lipinski definition) is 3. The summed E-state index contributed by atoms with van der Waals surface area (Å²) >= 11 is 15.1. The Balaban J connectivity index is 1.89. The van der Waals surface area contributed by atoms with Gasteiger partial charge in [0.2, 0.25) is 0 Å². The minimum atomic E-state index is -0.378. The molecule has 0 spiro atoms. The highest BCUT2D eigenvalue weighted by Gasteiger charge is 2.06. The van der Waals surface area contributed by atoms with E-state index in [1.807, 2.05) is 12.1 Å². The molecule has 0 bridgehead atoms. The molecule has 0 unspecified atom stereocenters. The third-order valence-corrected chi connectivity index (χ3v) is 3.90. The molecule has 0 saturated heterocycles. The summed E-state index contributed by atoms with van der Waals surface area (Å²) in [6.07, 6.45) is 0. The number of benzene rings is 2. The molecular weight excluding hydrogens is 403 g/mol. The lowest BCUT2D eigenvalue weighted by molar-refractivity contribution is -0.123. The van der Waals surface area contributed by atoms with E-state index in [1.165, 1.54) is 0 Å². The zero-order chi connectivity index (χ0) is 16.8. The predicted octanol–water partition coefficient (Wildman–Crippen LogP) is 4.68. The van der Waals surface area contributed by atoms with Crippen molar-refractivity contribution < 1.29 is 9.53 Å². The van der Waals surface area contributed by atoms with Crippen molar-refractivity contribution in [2.75, 3.05) is 6.61 Å². The van der Waals surface area contributed by atoms with Gasteiger partial charge in [-0.25, -0.2) is 5.43 Å². The lowest BCUT2D eigenvalue weighted by Gasteiger charge is -2.07. The molecule has 2 aromatic rings. The monoisotopic (exact) mass is 414 g/mol. The second-order valence-electron chi connectivity index (χ2n) is 4.60. The van der Waals surface area contributed by atoms with Crippen LogP contribution in [0.4, 0.5) is 0 Å². The van der Waals surface area contributed by atoms with Crippen molar-refractivity contribution in [2.45, 2.75) is 6.92 Å². The smallest absolute Gasteiger partial charge is 0.277 e. The summed E-state index contributed by atoms with van der Waals surface area (Å²) in [6, 6.07) is 12.3. The summed E-state index contributed by atoms with van der Waals surface area (Å²) in [5.41, 5.74) is 3.97. The first-order valence-electron chi connectivity index (χ1n) is 6.62. The molecule has 2 aromatic carbocycles. The topological polar surface area (TPSA) is 50.7 Å². The van der Waals surface area contributed by atoms with Crippen LogP contribution in [0, 0.1) is 0 Å². The average molecular weight is 416 g/mol. The van der Waals surface area contributed by atoms with Crippen molar-refractivity contribution >= 4 is 50.8 Å². The van der Waals surface area contributed by atoms with E-state index in [0.29, 0.717) is 21.5 Å². The first kappa shape index (κ1) is 17.8. The van der Waals surface area contributed by atoms with Crippen molar-refractivity contribution in [3.8, 4) is 5.75 Å². The highest BCUT2D eigenvalue weighted by atomic mass is 79.9. The molecule has 0 aliphatic heterocycles. The van der Waals surface area contributed by atoms with Crippen molar-refractivity contribution in [2.24, 2.45) is 5.10 Å². The average Bonchev–Trinajstić information content (AvgIpc) is 2.52. The summed E-state index contributed by atoms with van der Waals surface area (Å²) in [4.78, 5) is 11.8. The molecule has 2 rings (SSSR count). The number of nitrogens with zero attached hydrogens (tertiary/aromatic N) is 1. The predicted molar refractivity (Wildman–Crippen MR) is 96.5 cm³/mol. The van der Waals surface area contributed by atoms with Crippen LogP contribution in [-0.2, 0) is 4.79 Å². The molecule has 4 nitrogen and oxygen atoms in total. The van der Waals surface area contributed by atoms with Gasteiger partial charge in [0.05, 0.1) is 10.7 Å². The quantitative estimate of drug-likeness (QED) is 0.569. The molecular formula is C16H13BrCl2N2O2. The van der Waals surface area contributed by atoms with E-state index in [4.69, 9.17) is 27.9 Å². The number of amides is 1. The minimum Gasteiger partial charge on any atom is -0.482 e. The van der Waals surface area contributed by atoms with Crippen LogP contribution in [0.2, 0.25) is 10.0 Å². The molecule has 0 saturated carbocycles. The molecule has 23 heavy (non-hydrogen) atoms. The number of nitrogens with one attached hydrogen (secondary N) is 1. The Hall–Kier alpha value is -1.56. The lowest BCUT2D eigenvalue weighted by atomic mass is 10.1. The Morgan fingerprint density at radius 1 is 1.22 bits per heavy atom. The molecule has 0 radical (unpaired) electrons. The third-order valence-electron chi connectivity index (χ3n) is 2.86. The van der Waals surface area contributed by atoms with E-state index < -0.39 is 0 Å². The van der Waals surface area contributed by atoms with Crippen LogP contribution in [-0.4, -0.2) is 18.2 Å². The van der Waals surface area contributed by atoms with E-state index >= 15 is 0 Å². The maximum atomic E-state index is 11.8. The summed E-state index contributed by atoms with van der Waals surface area (Å²) in [6.45, 7) is 1.61. The van der Waals surface area contributed by atoms with E-state index in [9.17, 15) is 4.79 Å². The Morgan fingerprint density at radius 3 is 2.57 bits per heavy atom. The van der Waals surface area contributed by atoms with Crippen LogP contribution in [0.15, 0.2) is 52.0 Å². The second kappa shape index (κ2) is 8.34. The Bertz CT molecular complexity index is 733. The normalized spacial score (nSPS) is 11.2. The Kier molecular flexibility index (Phi) is 6.45. The molecule has 0 atom stereocenters. The summed E-state index contributed by atoms with van der Waals surface area (Å²) in [5.74, 6) is 0.0562. The number of ether oxygens (including phenoxy) is 1. The van der Waals surface area contributed by atoms with Crippen LogP contribution in [0.3, 0.4) is 0 Å². The molecule has 0 aliphatic carbocycles. The van der Waals surface area contributed by atoms with Crippen molar-refractivity contribution in [3.05, 3.63) is 62.5 Å². The number of carbonyl (C=O) groups is 1. The van der Waals surface area contributed by atoms with Gasteiger partial charge in [-0.15, -0.1) is 0 Å². The number of hydrazone groups is 1. The van der Waals surface area contributed by atoms with E-state index in [1.54, 1.807) is 37.3 Å². The van der Waals surface area contributed by atoms with Gasteiger partial charge >= 0.3 is 0 Å². The van der Waals surface area contributed by atoms with Crippen LogP contribution in [0.1, 0.15) is 12.5 Å². The first-order valence-corrected chi connectivity index (χ1v) is 8.17. The minimum absolute atomic E-state index is 0.182. The van der Waals surface area contributed by atoms with Crippen molar-refractivity contribution in [1.29, 1.82) is 0 Å². The van der Waals surface area contributed by atoms with Gasteiger partial charge in [-0.05, 0) is 42.8 Å². The Morgan fingerprint density at radius 2 is 1.91 bits per heavy atom. The highest BCUT2D eigenvalue weighted by Crippen LogP contribution is 2.27. The molecule has 0 aliphatic rings. The van der Waals surface area contributed by atoms with E-state index in [2.05, 4.69) is 26.5 Å². The Labute approximate surface area is 152 Å². The van der Waals surface area contributed by atoms with Crippen LogP contribution < -0.4 is 10.2 Å². The molecule has 0 heterocycles. The van der Waals surface area contributed by atoms with E-state index in [-0.39, 0.29) is 12.5 Å². The number of rotatable bonds is 5. The van der Waals surface area contributed by atoms with Gasteiger partial charge in [0, 0.05) is 9.50 Å².